The molecular formula is C21H22BrN3O3S. The first-order valence-electron chi connectivity index (χ1n) is 9.53. The van der Waals surface area contributed by atoms with Gasteiger partial charge in [0.1, 0.15) is 5.84 Å². The first kappa shape index (κ1) is 20.1. The van der Waals surface area contributed by atoms with Crippen LogP contribution in [0.4, 0.5) is 5.69 Å². The maximum atomic E-state index is 13.0. The minimum Gasteiger partial charge on any atom is -0.362 e. The van der Waals surface area contributed by atoms with Crippen LogP contribution in [-0.2, 0) is 20.2 Å². The fraction of sp³-hybridized carbons (Fsp3) is 0.333. The summed E-state index contributed by atoms with van der Waals surface area (Å²) in [6, 6.07) is 14.1. The highest BCUT2D eigenvalue weighted by molar-refractivity contribution is 9.10. The summed E-state index contributed by atoms with van der Waals surface area (Å²) >= 11 is 3.46. The van der Waals surface area contributed by atoms with E-state index in [1.165, 1.54) is 12.1 Å². The molecule has 2 aromatic rings. The zero-order valence-electron chi connectivity index (χ0n) is 16.1. The number of nitrogens with zero attached hydrogens (tertiary/aromatic N) is 2. The normalized spacial score (nSPS) is 19.4. The number of anilines is 1. The van der Waals surface area contributed by atoms with Crippen molar-refractivity contribution < 1.29 is 13.2 Å². The Hall–Kier alpha value is -2.19. The fourth-order valence-electron chi connectivity index (χ4n) is 3.64. The van der Waals surface area contributed by atoms with Crippen LogP contribution in [0.3, 0.4) is 0 Å². The Kier molecular flexibility index (Phi) is 5.25. The topological polar surface area (TPSA) is 78.8 Å². The van der Waals surface area contributed by atoms with E-state index >= 15 is 0 Å². The predicted octanol–water partition coefficient (Wildman–Crippen LogP) is 3.93. The molecule has 0 spiro atoms. The number of amidine groups is 1. The zero-order valence-corrected chi connectivity index (χ0v) is 18.5. The van der Waals surface area contributed by atoms with Crippen molar-refractivity contribution >= 4 is 43.4 Å². The number of hydrogen-bond acceptors (Lipinski definition) is 3. The lowest BCUT2D eigenvalue weighted by Crippen LogP contribution is -2.27. The number of benzene rings is 2. The highest BCUT2D eigenvalue weighted by atomic mass is 79.9. The Labute approximate surface area is 179 Å². The van der Waals surface area contributed by atoms with E-state index in [0.717, 1.165) is 35.8 Å². The van der Waals surface area contributed by atoms with Gasteiger partial charge in [0.15, 0.2) is 0 Å². The maximum absolute atomic E-state index is 13.0. The molecule has 1 saturated carbocycles. The molecule has 1 amide bonds. The van der Waals surface area contributed by atoms with Crippen LogP contribution in [0.2, 0.25) is 0 Å². The van der Waals surface area contributed by atoms with Crippen LogP contribution in [0.1, 0.15) is 31.2 Å². The molecule has 0 radical (unpaired) electrons. The minimum absolute atomic E-state index is 0.0791. The van der Waals surface area contributed by atoms with Gasteiger partial charge in [-0.05, 0) is 55.2 Å². The molecule has 8 heteroatoms. The summed E-state index contributed by atoms with van der Waals surface area (Å²) in [4.78, 5) is 14.9. The molecule has 1 aliphatic heterocycles. The van der Waals surface area contributed by atoms with E-state index in [-0.39, 0.29) is 10.8 Å². The zero-order chi connectivity index (χ0) is 20.6. The molecule has 2 fully saturated rings. The van der Waals surface area contributed by atoms with E-state index in [2.05, 4.69) is 25.6 Å². The molecule has 1 N–H and O–H groups in total. The van der Waals surface area contributed by atoms with Gasteiger partial charge in [0, 0.05) is 30.2 Å². The van der Waals surface area contributed by atoms with E-state index < -0.39 is 15.4 Å². The number of nitrogens with one attached hydrogen (secondary N) is 1. The van der Waals surface area contributed by atoms with Gasteiger partial charge in [-0.2, -0.15) is 8.42 Å². The molecule has 4 rings (SSSR count). The van der Waals surface area contributed by atoms with Crippen molar-refractivity contribution in [1.82, 2.24) is 4.90 Å². The Morgan fingerprint density at radius 2 is 1.93 bits per heavy atom. The smallest absolute Gasteiger partial charge is 0.284 e. The second-order valence-electron chi connectivity index (χ2n) is 7.58. The molecule has 29 heavy (non-hydrogen) atoms. The quantitative estimate of drug-likeness (QED) is 0.710. The van der Waals surface area contributed by atoms with Crippen molar-refractivity contribution in [3.05, 3.63) is 58.6 Å². The number of carbonyl (C=O) groups is 1. The van der Waals surface area contributed by atoms with Gasteiger partial charge in [-0.25, -0.2) is 0 Å². The largest absolute Gasteiger partial charge is 0.362 e. The highest BCUT2D eigenvalue weighted by Gasteiger charge is 2.51. The Morgan fingerprint density at radius 1 is 1.17 bits per heavy atom. The van der Waals surface area contributed by atoms with Gasteiger partial charge in [-0.3, -0.25) is 4.79 Å². The summed E-state index contributed by atoms with van der Waals surface area (Å²) in [7, 11) is -1.98. The average molecular weight is 476 g/mol. The van der Waals surface area contributed by atoms with Gasteiger partial charge in [0.25, 0.3) is 10.0 Å². The van der Waals surface area contributed by atoms with Crippen molar-refractivity contribution in [2.24, 2.45) is 4.40 Å². The Balaban J connectivity index is 1.56. The van der Waals surface area contributed by atoms with Gasteiger partial charge in [-0.15, -0.1) is 4.40 Å². The van der Waals surface area contributed by atoms with Gasteiger partial charge in [0.05, 0.1) is 10.3 Å². The van der Waals surface area contributed by atoms with E-state index in [1.54, 1.807) is 12.1 Å². The summed E-state index contributed by atoms with van der Waals surface area (Å²) in [5, 5.41) is 2.90. The standard InChI is InChI=1S/C21H22BrN3O3S/c1-25-12-4-9-19(25)24-29(27,28)18-8-3-7-17(14-18)23-20(26)21(10-11-21)15-5-2-6-16(22)13-15/h2-3,5-8,13-14H,4,9-12H2,1H3,(H,23,26)/b24-19+. The number of sulfonamides is 1. The van der Waals surface area contributed by atoms with Crippen molar-refractivity contribution in [3.63, 3.8) is 0 Å². The molecule has 6 nitrogen and oxygen atoms in total. The van der Waals surface area contributed by atoms with Gasteiger partial charge in [0.2, 0.25) is 5.91 Å². The van der Waals surface area contributed by atoms with Gasteiger partial charge in [-0.1, -0.05) is 34.1 Å². The second-order valence-corrected chi connectivity index (χ2v) is 10.1. The van der Waals surface area contributed by atoms with Crippen LogP contribution in [0.25, 0.3) is 0 Å². The van der Waals surface area contributed by atoms with E-state index in [9.17, 15) is 13.2 Å². The van der Waals surface area contributed by atoms with E-state index in [1.807, 2.05) is 36.2 Å². The lowest BCUT2D eigenvalue weighted by Gasteiger charge is -2.16. The predicted molar refractivity (Wildman–Crippen MR) is 117 cm³/mol. The number of likely N-dealkylation sites (tertiary alicyclic amines) is 1. The van der Waals surface area contributed by atoms with E-state index in [4.69, 9.17) is 0 Å². The number of carbonyl (C=O) groups excluding carboxylic acids is 1. The van der Waals surface area contributed by atoms with Crippen LogP contribution in [0.15, 0.2) is 62.3 Å². The lowest BCUT2D eigenvalue weighted by atomic mass is 9.95. The van der Waals surface area contributed by atoms with Crippen LogP contribution >= 0.6 is 15.9 Å². The second kappa shape index (κ2) is 7.57. The van der Waals surface area contributed by atoms with Crippen molar-refractivity contribution in [2.45, 2.75) is 36.0 Å². The third-order valence-corrected chi connectivity index (χ3v) is 7.31. The highest BCUT2D eigenvalue weighted by Crippen LogP contribution is 2.49. The van der Waals surface area contributed by atoms with Crippen LogP contribution in [-0.4, -0.2) is 38.7 Å². The molecule has 1 aliphatic carbocycles. The Morgan fingerprint density at radius 3 is 2.59 bits per heavy atom. The fourth-order valence-corrected chi connectivity index (χ4v) is 5.18. The maximum Gasteiger partial charge on any atom is 0.284 e. The molecule has 1 saturated heterocycles. The lowest BCUT2D eigenvalue weighted by molar-refractivity contribution is -0.118. The van der Waals surface area contributed by atoms with Gasteiger partial charge >= 0.3 is 0 Å². The Bertz CT molecular complexity index is 1090. The molecule has 2 aromatic carbocycles. The van der Waals surface area contributed by atoms with Gasteiger partial charge < -0.3 is 10.2 Å². The molecule has 0 aromatic heterocycles. The summed E-state index contributed by atoms with van der Waals surface area (Å²) in [5.74, 6) is 0.456. The van der Waals surface area contributed by atoms with Crippen LogP contribution in [0, 0.1) is 0 Å². The third-order valence-electron chi connectivity index (χ3n) is 5.51. The van der Waals surface area contributed by atoms with E-state index in [0.29, 0.717) is 17.9 Å². The van der Waals surface area contributed by atoms with Crippen LogP contribution in [0.5, 0.6) is 0 Å². The van der Waals surface area contributed by atoms with Crippen molar-refractivity contribution in [3.8, 4) is 0 Å². The summed E-state index contributed by atoms with van der Waals surface area (Å²) in [6.45, 7) is 0.808. The summed E-state index contributed by atoms with van der Waals surface area (Å²) in [5.41, 5.74) is 0.868. The van der Waals surface area contributed by atoms with Crippen molar-refractivity contribution in [1.29, 1.82) is 0 Å². The monoisotopic (exact) mass is 475 g/mol. The summed E-state index contributed by atoms with van der Waals surface area (Å²) in [6.07, 6.45) is 3.10. The molecule has 2 aliphatic rings. The molecule has 0 atom stereocenters. The number of amides is 1. The molecule has 1 heterocycles. The average Bonchev–Trinajstić information content (AvgIpc) is 3.41. The minimum atomic E-state index is -3.82. The summed E-state index contributed by atoms with van der Waals surface area (Å²) < 4.78 is 30.3. The SMILES string of the molecule is CN1CCC/C1=N\S(=O)(=O)c1cccc(NC(=O)C2(c3cccc(Br)c3)CC2)c1. The first-order valence-corrected chi connectivity index (χ1v) is 11.8. The molecular weight excluding hydrogens is 454 g/mol. The third kappa shape index (κ3) is 4.09. The van der Waals surface area contributed by atoms with Crippen molar-refractivity contribution in [2.75, 3.05) is 18.9 Å². The molecule has 0 bridgehead atoms. The molecule has 152 valence electrons. The number of halogens is 1. The molecule has 0 unspecified atom stereocenters. The number of hydrogen-bond donors (Lipinski definition) is 1. The number of rotatable bonds is 5. The first-order chi connectivity index (χ1) is 13.8. The van der Waals surface area contributed by atoms with Crippen LogP contribution < -0.4 is 5.32 Å².